The van der Waals surface area contributed by atoms with E-state index in [-0.39, 0.29) is 72.7 Å². The maximum atomic E-state index is 14.3. The van der Waals surface area contributed by atoms with Crippen LogP contribution < -0.4 is 31.9 Å². The minimum atomic E-state index is -1.30. The summed E-state index contributed by atoms with van der Waals surface area (Å²) < 4.78 is 10.7. The Bertz CT molecular complexity index is 3900. The summed E-state index contributed by atoms with van der Waals surface area (Å²) in [4.78, 5) is 140. The lowest BCUT2D eigenvalue weighted by molar-refractivity contribution is -0.142. The molecule has 0 spiro atoms. The summed E-state index contributed by atoms with van der Waals surface area (Å²) in [7, 11) is 2.91. The number of unbranched alkanes of at least 4 members (excludes halogenated alkanes) is 1. The van der Waals surface area contributed by atoms with Crippen molar-refractivity contribution in [3.05, 3.63) is 111 Å². The maximum absolute atomic E-state index is 14.3. The van der Waals surface area contributed by atoms with E-state index in [4.69, 9.17) is 34.5 Å². The third kappa shape index (κ3) is 16.3. The number of carbonyl (C=O) groups excluding carboxylic acids is 6. The van der Waals surface area contributed by atoms with E-state index in [2.05, 4.69) is 46.9 Å². The van der Waals surface area contributed by atoms with Gasteiger partial charge >= 0.3 is 18.0 Å². The number of rotatable bonds is 18. The van der Waals surface area contributed by atoms with Gasteiger partial charge in [-0.1, -0.05) is 50.6 Å². The fourth-order valence-corrected chi connectivity index (χ4v) is 14.6. The zero-order valence-corrected chi connectivity index (χ0v) is 53.1. The normalized spacial score (nSPS) is 16.3. The lowest BCUT2D eigenvalue weighted by Crippen LogP contribution is -2.40. The molecule has 0 fully saturated rings. The zero-order chi connectivity index (χ0) is 63.5. The Morgan fingerprint density at radius 3 is 2.16 bits per heavy atom. The molecule has 6 amide bonds. The number of aryl methyl sites for hydroxylation is 1. The number of hydrogen-bond acceptors (Lipinski definition) is 24. The Morgan fingerprint density at radius 1 is 0.697 bits per heavy atom. The number of nitrogens with zero attached hydrogens (tertiary/aromatic N) is 7. The number of carboxylic acids is 2. The molecule has 26 nitrogen and oxygen atoms in total. The molecular formula is C57H59N13O13S6. The van der Waals surface area contributed by atoms with Crippen molar-refractivity contribution in [2.75, 3.05) is 32.6 Å². The number of carbonyl (C=O) groups is 8. The first-order valence-corrected chi connectivity index (χ1v) is 32.7. The van der Waals surface area contributed by atoms with Crippen molar-refractivity contribution in [3.63, 3.8) is 0 Å². The van der Waals surface area contributed by atoms with Gasteiger partial charge in [-0.15, -0.1) is 68.0 Å². The molecule has 8 heterocycles. The van der Waals surface area contributed by atoms with Crippen LogP contribution in [0.4, 0.5) is 10.6 Å². The summed E-state index contributed by atoms with van der Waals surface area (Å²) in [6.07, 6.45) is -1.56. The van der Waals surface area contributed by atoms with Crippen molar-refractivity contribution in [2.45, 2.75) is 90.1 Å². The van der Waals surface area contributed by atoms with E-state index < -0.39 is 84.3 Å². The van der Waals surface area contributed by atoms with Gasteiger partial charge in [-0.05, 0) is 49.8 Å². The second-order valence-corrected chi connectivity index (χ2v) is 26.2. The highest BCUT2D eigenvalue weighted by Crippen LogP contribution is 2.40. The van der Waals surface area contributed by atoms with E-state index in [1.807, 2.05) is 13.8 Å². The van der Waals surface area contributed by atoms with Crippen LogP contribution in [0.3, 0.4) is 0 Å². The molecule has 7 aromatic heterocycles. The predicted molar refractivity (Wildman–Crippen MR) is 334 cm³/mol. The van der Waals surface area contributed by atoms with Crippen LogP contribution in [-0.4, -0.2) is 125 Å². The Kier molecular flexibility index (Phi) is 21.8. The average Bonchev–Trinajstić information content (AvgIpc) is 1.86. The van der Waals surface area contributed by atoms with Gasteiger partial charge in [0.25, 0.3) is 17.7 Å². The number of aliphatic carboxylic acids is 2. The van der Waals surface area contributed by atoms with Gasteiger partial charge in [-0.3, -0.25) is 38.9 Å². The second-order valence-electron chi connectivity index (χ2n) is 20.4. The van der Waals surface area contributed by atoms with Gasteiger partial charge in [0.1, 0.15) is 82.2 Å². The number of fused-ring (bicyclic) bond motifs is 14. The number of aromatic nitrogens is 7. The number of hydrogen-bond donors (Lipinski definition) is 9. The fraction of sp³-hybridized carbons (Fsp3) is 0.351. The van der Waals surface area contributed by atoms with Gasteiger partial charge in [0, 0.05) is 52.5 Å². The van der Waals surface area contributed by atoms with Crippen LogP contribution in [0.25, 0.3) is 43.4 Å². The summed E-state index contributed by atoms with van der Waals surface area (Å²) in [5.74, 6) is -6.03. The molecule has 0 saturated heterocycles. The lowest BCUT2D eigenvalue weighted by Gasteiger charge is -2.23. The first-order valence-electron chi connectivity index (χ1n) is 27.6. The number of anilines is 1. The quantitative estimate of drug-likeness (QED) is 0.0363. The molecule has 1 aliphatic heterocycles. The summed E-state index contributed by atoms with van der Waals surface area (Å²) >= 11 is 6.96. The Balaban J connectivity index is 1.06. The molecule has 0 aliphatic carbocycles. The van der Waals surface area contributed by atoms with Crippen LogP contribution in [-0.2, 0) is 35.3 Å². The van der Waals surface area contributed by atoms with Crippen LogP contribution >= 0.6 is 68.0 Å². The third-order valence-electron chi connectivity index (χ3n) is 13.7. The van der Waals surface area contributed by atoms with E-state index in [0.717, 1.165) is 56.7 Å². The molecule has 8 aromatic rings. The molecule has 1 aliphatic rings. The molecule has 89 heavy (non-hydrogen) atoms. The van der Waals surface area contributed by atoms with E-state index in [9.17, 15) is 48.6 Å². The zero-order valence-electron chi connectivity index (χ0n) is 48.2. The summed E-state index contributed by atoms with van der Waals surface area (Å²) in [5, 5.41) is 55.8. The summed E-state index contributed by atoms with van der Waals surface area (Å²) in [5.41, 5.74) is 2.36. The van der Waals surface area contributed by atoms with Crippen molar-refractivity contribution in [2.24, 2.45) is 11.8 Å². The number of methoxy groups -OCH3 is 1. The van der Waals surface area contributed by atoms with E-state index in [1.54, 1.807) is 70.9 Å². The average molecular weight is 1330 g/mol. The Hall–Kier alpha value is -8.37. The van der Waals surface area contributed by atoms with Crippen LogP contribution in [0, 0.1) is 18.8 Å². The van der Waals surface area contributed by atoms with Crippen LogP contribution in [0.5, 0.6) is 0 Å². The molecular weight excluding hydrogens is 1270 g/mol. The number of carboxylic acid groups (broad SMARTS) is 2. The fourth-order valence-electron chi connectivity index (χ4n) is 9.13. The maximum Gasteiger partial charge on any atom is 0.412 e. The van der Waals surface area contributed by atoms with Gasteiger partial charge in [-0.25, -0.2) is 39.7 Å². The molecule has 32 heteroatoms. The van der Waals surface area contributed by atoms with Crippen LogP contribution in [0.2, 0.25) is 0 Å². The standard InChI is InChI=1S/C57H59N13O13S6/c1-26(2)41-55-70-44(36(89-55)21-82-5)48(77)59-20-39(72)67-45(46(75)28-11-7-6-8-12-28)54-64-35(24-86-54)52-62-33(22-85-52)43-30(50-63-34(23-84-50)47(76)61-32(19-38(71)58-4)53-69-42(27(3)88-53)49(78)68-41)15-16-31(60-43)51-65-37(25-87-51)66-57(81)83-18-17-29(56(79)80)13-9-10-14-40(73)74/h6-8,11-12,15-16,22-26,29,32,41,45-46,75H,9-10,13-14,17-21H2,1-5H3,(H,58,71)(H,59,77)(H,61,76)(H,66,81)(H,67,72)(H,68,78)(H,73,74)(H,79,80)/t29?,32-,41-,45-,46-/m0/s1. The van der Waals surface area contributed by atoms with Crippen molar-refractivity contribution in [1.82, 2.24) is 61.5 Å². The second kappa shape index (κ2) is 29.8. The van der Waals surface area contributed by atoms with Gasteiger partial charge in [0.15, 0.2) is 0 Å². The number of benzene rings is 1. The van der Waals surface area contributed by atoms with Crippen LogP contribution in [0.15, 0.2) is 64.0 Å². The van der Waals surface area contributed by atoms with Gasteiger partial charge < -0.3 is 51.4 Å². The van der Waals surface area contributed by atoms with Crippen molar-refractivity contribution >= 4 is 121 Å². The van der Waals surface area contributed by atoms with E-state index in [1.165, 1.54) is 25.5 Å². The van der Waals surface area contributed by atoms with Gasteiger partial charge in [0.05, 0.1) is 54.8 Å². The Morgan fingerprint density at radius 2 is 1.42 bits per heavy atom. The summed E-state index contributed by atoms with van der Waals surface area (Å²) in [6, 6.07) is 9.24. The number of pyridine rings is 1. The molecule has 466 valence electrons. The summed E-state index contributed by atoms with van der Waals surface area (Å²) in [6.45, 7) is 4.67. The van der Waals surface area contributed by atoms with Crippen molar-refractivity contribution in [3.8, 4) is 43.4 Å². The van der Waals surface area contributed by atoms with E-state index >= 15 is 0 Å². The smallest absolute Gasteiger partial charge is 0.412 e. The molecule has 9 rings (SSSR count). The molecule has 1 unspecified atom stereocenters. The molecule has 10 bridgehead atoms. The van der Waals surface area contributed by atoms with E-state index in [0.29, 0.717) is 81.5 Å². The third-order valence-corrected chi connectivity index (χ3v) is 19.4. The first kappa shape index (κ1) is 65.1. The molecule has 9 N–H and O–H groups in total. The number of aliphatic hydroxyl groups excluding tert-OH is 1. The number of amides is 6. The van der Waals surface area contributed by atoms with Crippen LogP contribution in [0.1, 0.15) is 138 Å². The highest BCUT2D eigenvalue weighted by molar-refractivity contribution is 7.15. The number of ether oxygens (including phenoxy) is 2. The van der Waals surface area contributed by atoms with Crippen molar-refractivity contribution in [1.29, 1.82) is 0 Å². The number of aliphatic hydroxyl groups is 1. The van der Waals surface area contributed by atoms with Gasteiger partial charge in [-0.2, -0.15) is 0 Å². The molecule has 0 radical (unpaired) electrons. The number of nitrogens with one attached hydrogen (secondary N) is 6. The first-order chi connectivity index (χ1) is 42.8. The molecule has 0 saturated carbocycles. The topological polar surface area (TPSA) is 378 Å². The Labute approximate surface area is 532 Å². The SMILES string of the molecule is CNC(=O)C[C@@H]1NC(=O)c2csc(n2)-c2ccc(-c3nc(NC(=O)OCCC(CCCCC(=O)O)C(=O)O)cs3)nc2-c2csc(n2)-c2csc(n2)[C@H]([C@@H](O)c2ccccc2)NC(=O)CNC(=O)c2nc(sc2COC)[C@H](C(C)C)NC(=O)c2nc1sc2C. The monoisotopic (exact) mass is 1330 g/mol. The van der Waals surface area contributed by atoms with Crippen molar-refractivity contribution < 1.29 is 63.1 Å². The molecule has 1 aromatic carbocycles. The largest absolute Gasteiger partial charge is 0.481 e. The predicted octanol–water partition coefficient (Wildman–Crippen LogP) is 8.60. The lowest BCUT2D eigenvalue weighted by atomic mass is 9.98. The number of thiazole rings is 6. The van der Waals surface area contributed by atoms with Gasteiger partial charge in [0.2, 0.25) is 11.8 Å². The minimum Gasteiger partial charge on any atom is -0.481 e. The highest BCUT2D eigenvalue weighted by Gasteiger charge is 2.33. The highest BCUT2D eigenvalue weighted by atomic mass is 32.1. The molecule has 5 atom stereocenters. The minimum absolute atomic E-state index is 0.00805.